The Labute approximate surface area is 241 Å². The van der Waals surface area contributed by atoms with Crippen LogP contribution in [0.3, 0.4) is 0 Å². The van der Waals surface area contributed by atoms with Crippen molar-refractivity contribution in [3.8, 4) is 33.6 Å². The molecule has 0 fully saturated rings. The molecule has 6 aromatic carbocycles. The highest BCUT2D eigenvalue weighted by Crippen LogP contribution is 2.48. The van der Waals surface area contributed by atoms with Gasteiger partial charge in [0.25, 0.3) is 0 Å². The number of pyridine rings is 1. The van der Waals surface area contributed by atoms with Crippen molar-refractivity contribution in [2.45, 2.75) is 0 Å². The molecule has 3 aromatic heterocycles. The predicted octanol–water partition coefficient (Wildman–Crippen LogP) is 10.1. The Kier molecular flexibility index (Phi) is 4.18. The molecule has 0 unspecified atom stereocenters. The molecule has 0 saturated heterocycles. The molecule has 0 amide bonds. The Morgan fingerprint density at radius 1 is 0.381 bits per heavy atom. The lowest BCUT2D eigenvalue weighted by atomic mass is 10.0. The predicted molar refractivity (Wildman–Crippen MR) is 175 cm³/mol. The highest BCUT2D eigenvalue weighted by Gasteiger charge is 2.23. The van der Waals surface area contributed by atoms with Crippen molar-refractivity contribution in [2.24, 2.45) is 0 Å². The number of rotatable bonds is 2. The average Bonchev–Trinajstić information content (AvgIpc) is 3.68. The summed E-state index contributed by atoms with van der Waals surface area (Å²) in [6, 6.07) is 48.5. The van der Waals surface area contributed by atoms with Gasteiger partial charge in [0.05, 0.1) is 27.6 Å². The van der Waals surface area contributed by atoms with Crippen LogP contribution in [0.15, 0.2) is 140 Å². The van der Waals surface area contributed by atoms with E-state index < -0.39 is 0 Å². The van der Waals surface area contributed by atoms with E-state index in [0.29, 0.717) is 0 Å². The van der Waals surface area contributed by atoms with Crippen molar-refractivity contribution >= 4 is 54.5 Å². The van der Waals surface area contributed by atoms with Gasteiger partial charge in [-0.25, -0.2) is 0 Å². The number of hydrogen-bond donors (Lipinski definition) is 0. The molecular weight excluding hydrogens is 510 g/mol. The Balaban J connectivity index is 1.27. The first-order valence-corrected chi connectivity index (χ1v) is 14.4. The van der Waals surface area contributed by atoms with Crippen LogP contribution in [0.4, 0.5) is 0 Å². The number of nitrogens with zero attached hydrogens (tertiary/aromatic N) is 3. The molecule has 0 spiro atoms. The summed E-state index contributed by atoms with van der Waals surface area (Å²) in [5.41, 5.74) is 13.3. The Hall–Kier alpha value is -5.67. The summed E-state index contributed by atoms with van der Waals surface area (Å²) in [5.74, 6) is 0. The Morgan fingerprint density at radius 2 is 0.929 bits per heavy atom. The van der Waals surface area contributed by atoms with Crippen LogP contribution in [-0.2, 0) is 0 Å². The van der Waals surface area contributed by atoms with Gasteiger partial charge < -0.3 is 9.13 Å². The smallest absolute Gasteiger partial charge is 0.0735 e. The molecule has 42 heavy (non-hydrogen) atoms. The van der Waals surface area contributed by atoms with E-state index >= 15 is 0 Å². The molecule has 9 aromatic rings. The molecule has 0 saturated carbocycles. The van der Waals surface area contributed by atoms with Gasteiger partial charge in [-0.3, -0.25) is 4.98 Å². The maximum Gasteiger partial charge on any atom is 0.0735 e. The highest BCUT2D eigenvalue weighted by atomic mass is 15.0. The maximum atomic E-state index is 4.85. The number of aromatic nitrogens is 3. The summed E-state index contributed by atoms with van der Waals surface area (Å²) in [4.78, 5) is 4.85. The molecule has 1 aliphatic carbocycles. The average molecular weight is 534 g/mol. The van der Waals surface area contributed by atoms with E-state index in [0.717, 1.165) is 11.2 Å². The van der Waals surface area contributed by atoms with Crippen LogP contribution in [0.5, 0.6) is 0 Å². The molecule has 1 aliphatic rings. The van der Waals surface area contributed by atoms with Crippen LogP contribution in [-0.4, -0.2) is 14.1 Å². The topological polar surface area (TPSA) is 22.8 Å². The van der Waals surface area contributed by atoms with Crippen LogP contribution < -0.4 is 0 Å². The molecule has 0 N–H and O–H groups in total. The second-order valence-electron chi connectivity index (χ2n) is 11.2. The number of fused-ring (bicyclic) bond motifs is 9. The lowest BCUT2D eigenvalue weighted by Crippen LogP contribution is -1.96. The fraction of sp³-hybridized carbons (Fsp3) is 0. The van der Waals surface area contributed by atoms with E-state index in [1.54, 1.807) is 0 Å². The minimum absolute atomic E-state index is 1.03. The first-order chi connectivity index (χ1) is 20.8. The lowest BCUT2D eigenvalue weighted by molar-refractivity contribution is 1.17. The highest BCUT2D eigenvalue weighted by molar-refractivity contribution is 6.16. The third-order valence-electron chi connectivity index (χ3n) is 9.09. The number of benzene rings is 6. The maximum absolute atomic E-state index is 4.85. The molecule has 3 heterocycles. The van der Waals surface area contributed by atoms with Crippen molar-refractivity contribution < 1.29 is 0 Å². The lowest BCUT2D eigenvalue weighted by Gasteiger charge is -2.12. The minimum Gasteiger partial charge on any atom is -0.309 e. The van der Waals surface area contributed by atoms with Gasteiger partial charge in [0.15, 0.2) is 0 Å². The molecule has 0 bridgehead atoms. The zero-order chi connectivity index (χ0) is 27.4. The van der Waals surface area contributed by atoms with Gasteiger partial charge in [-0.2, -0.15) is 0 Å². The van der Waals surface area contributed by atoms with Gasteiger partial charge in [-0.05, 0) is 76.9 Å². The molecule has 0 aliphatic heterocycles. The van der Waals surface area contributed by atoms with Crippen LogP contribution >= 0.6 is 0 Å². The van der Waals surface area contributed by atoms with Crippen LogP contribution in [0.25, 0.3) is 88.1 Å². The summed E-state index contributed by atoms with van der Waals surface area (Å²) in [7, 11) is 0. The second-order valence-corrected chi connectivity index (χ2v) is 11.2. The zero-order valence-electron chi connectivity index (χ0n) is 22.6. The number of para-hydroxylation sites is 3. The Morgan fingerprint density at radius 3 is 1.62 bits per heavy atom. The van der Waals surface area contributed by atoms with E-state index in [-0.39, 0.29) is 0 Å². The van der Waals surface area contributed by atoms with Crippen molar-refractivity contribution in [2.75, 3.05) is 0 Å². The fourth-order valence-corrected chi connectivity index (χ4v) is 7.37. The van der Waals surface area contributed by atoms with Crippen molar-refractivity contribution in [1.29, 1.82) is 0 Å². The first kappa shape index (κ1) is 22.1. The normalized spacial score (nSPS) is 12.3. The molecular formula is C39H23N3. The van der Waals surface area contributed by atoms with Gasteiger partial charge in [-0.15, -0.1) is 0 Å². The van der Waals surface area contributed by atoms with Crippen molar-refractivity contribution in [1.82, 2.24) is 14.1 Å². The van der Waals surface area contributed by atoms with Gasteiger partial charge >= 0.3 is 0 Å². The number of hydrogen-bond acceptors (Lipinski definition) is 1. The third kappa shape index (κ3) is 2.77. The summed E-state index contributed by atoms with van der Waals surface area (Å²) in [6.07, 6.45) is 1.94. The molecule has 3 heteroatoms. The van der Waals surface area contributed by atoms with Crippen LogP contribution in [0.2, 0.25) is 0 Å². The van der Waals surface area contributed by atoms with Crippen LogP contribution in [0, 0.1) is 0 Å². The third-order valence-corrected chi connectivity index (χ3v) is 9.09. The van der Waals surface area contributed by atoms with E-state index in [2.05, 4.69) is 143 Å². The van der Waals surface area contributed by atoms with E-state index in [9.17, 15) is 0 Å². The largest absolute Gasteiger partial charge is 0.309 e. The van der Waals surface area contributed by atoms with Crippen molar-refractivity contribution in [3.05, 3.63) is 140 Å². The van der Waals surface area contributed by atoms with E-state index in [1.165, 1.54) is 76.9 Å². The summed E-state index contributed by atoms with van der Waals surface area (Å²) >= 11 is 0. The summed E-state index contributed by atoms with van der Waals surface area (Å²) in [5, 5.41) is 6.28. The molecule has 0 radical (unpaired) electrons. The van der Waals surface area contributed by atoms with Gasteiger partial charge in [-0.1, -0.05) is 78.9 Å². The van der Waals surface area contributed by atoms with E-state index in [4.69, 9.17) is 4.98 Å². The first-order valence-electron chi connectivity index (χ1n) is 14.4. The van der Waals surface area contributed by atoms with E-state index in [1.807, 2.05) is 6.20 Å². The zero-order valence-corrected chi connectivity index (χ0v) is 22.6. The quantitative estimate of drug-likeness (QED) is 0.217. The molecule has 0 atom stereocenters. The SMILES string of the molecule is c1ccc2c(c1)-c1ccnc3cc(-n4c5ccccc5c5cc(-n6c7ccccc7c7ccccc76)ccc54)cc-2c13. The standard InChI is InChI=1S/C39H23N3/c1-2-10-27-26(9-1)31-19-20-40-34-23-25(22-33(27)39(31)34)42-37-16-8-5-13-30(37)32-21-24(17-18-38(32)42)41-35-14-6-3-11-28(35)29-12-4-7-15-36(29)41/h1-23H. The van der Waals surface area contributed by atoms with Gasteiger partial charge in [0.1, 0.15) is 0 Å². The van der Waals surface area contributed by atoms with Crippen LogP contribution in [0.1, 0.15) is 0 Å². The fourth-order valence-electron chi connectivity index (χ4n) is 7.37. The molecule has 3 nitrogen and oxygen atoms in total. The van der Waals surface area contributed by atoms with Gasteiger partial charge in [0, 0.05) is 44.5 Å². The molecule has 10 rings (SSSR count). The second kappa shape index (κ2) is 7.96. The molecule has 194 valence electrons. The van der Waals surface area contributed by atoms with Crippen molar-refractivity contribution in [3.63, 3.8) is 0 Å². The van der Waals surface area contributed by atoms with Gasteiger partial charge in [0.2, 0.25) is 0 Å². The minimum atomic E-state index is 1.03. The Bertz CT molecular complexity index is 2530. The monoisotopic (exact) mass is 533 g/mol. The summed E-state index contributed by atoms with van der Waals surface area (Å²) in [6.45, 7) is 0. The summed E-state index contributed by atoms with van der Waals surface area (Å²) < 4.78 is 4.81.